The quantitative estimate of drug-likeness (QED) is 0.374. The molecule has 1 aromatic rings. The molecule has 1 aromatic carbocycles. The molecule has 0 radical (unpaired) electrons. The van der Waals surface area contributed by atoms with Crippen molar-refractivity contribution in [3.63, 3.8) is 0 Å². The van der Waals surface area contributed by atoms with E-state index in [1.54, 1.807) is 0 Å². The lowest BCUT2D eigenvalue weighted by atomic mass is 10.1. The van der Waals surface area contributed by atoms with Gasteiger partial charge in [0.25, 0.3) is 0 Å². The number of carbonyl (C=O) groups excluding carboxylic acids is 1. The van der Waals surface area contributed by atoms with Crippen LogP contribution in [0.5, 0.6) is 11.5 Å². The fourth-order valence-corrected chi connectivity index (χ4v) is 4.76. The molecule has 28 heavy (non-hydrogen) atoms. The minimum Gasteiger partial charge on any atom is -0.616 e. The molecule has 4 nitrogen and oxygen atoms in total. The maximum Gasteiger partial charge on any atom is 0.231 e. The molecular formula is C23H36O4S. The van der Waals surface area contributed by atoms with Gasteiger partial charge in [-0.05, 0) is 50.3 Å². The first kappa shape index (κ1) is 23.1. The van der Waals surface area contributed by atoms with Gasteiger partial charge >= 0.3 is 0 Å². The van der Waals surface area contributed by atoms with E-state index in [1.165, 1.54) is 37.7 Å². The maximum absolute atomic E-state index is 12.3. The van der Waals surface area contributed by atoms with Crippen molar-refractivity contribution < 1.29 is 18.8 Å². The Bertz CT molecular complexity index is 582. The molecule has 2 atom stereocenters. The molecule has 0 spiro atoms. The normalized spacial score (nSPS) is 17.2. The summed E-state index contributed by atoms with van der Waals surface area (Å²) in [5.41, 5.74) is 1.17. The van der Waals surface area contributed by atoms with Gasteiger partial charge in [-0.15, -0.1) is 0 Å². The van der Waals surface area contributed by atoms with Crippen molar-refractivity contribution >= 4 is 17.0 Å². The average Bonchev–Trinajstić information content (AvgIpc) is 3.35. The summed E-state index contributed by atoms with van der Waals surface area (Å²) in [6, 6.07) is 6.01. The minimum atomic E-state index is -0.743. The summed E-state index contributed by atoms with van der Waals surface area (Å²) in [6.07, 6.45) is 12.3. The van der Waals surface area contributed by atoms with Gasteiger partial charge in [-0.2, -0.15) is 0 Å². The Morgan fingerprint density at radius 1 is 1.04 bits per heavy atom. The molecule has 1 heterocycles. The lowest BCUT2D eigenvalue weighted by Crippen LogP contribution is -2.23. The van der Waals surface area contributed by atoms with Gasteiger partial charge in [-0.1, -0.05) is 49.8 Å². The number of carbonyl (C=O) groups is 1. The lowest BCUT2D eigenvalue weighted by Gasteiger charge is -2.18. The van der Waals surface area contributed by atoms with E-state index in [0.717, 1.165) is 55.8 Å². The summed E-state index contributed by atoms with van der Waals surface area (Å²) < 4.78 is 23.0. The summed E-state index contributed by atoms with van der Waals surface area (Å²) in [4.78, 5) is 10.2. The number of hydrogen-bond donors (Lipinski definition) is 0. The van der Waals surface area contributed by atoms with Crippen molar-refractivity contribution in [3.05, 3.63) is 23.8 Å². The van der Waals surface area contributed by atoms with Crippen LogP contribution >= 0.6 is 0 Å². The number of unbranched alkanes of at least 4 members (excludes halogenated alkanes) is 5. The van der Waals surface area contributed by atoms with Crippen molar-refractivity contribution in [2.45, 2.75) is 89.7 Å². The third-order valence-electron chi connectivity index (χ3n) is 5.27. The largest absolute Gasteiger partial charge is 0.616 e. The zero-order valence-electron chi connectivity index (χ0n) is 17.5. The lowest BCUT2D eigenvalue weighted by molar-refractivity contribution is -0.117. The molecule has 0 aromatic heterocycles. The van der Waals surface area contributed by atoms with Crippen molar-refractivity contribution in [2.24, 2.45) is 0 Å². The SMILES string of the molecule is CCCCCCCC[S+]([O-])C(C)Cc1ccc2c(c1)OCO2.O=C1CCCC1. The second-order valence-electron chi connectivity index (χ2n) is 7.80. The second-order valence-corrected chi connectivity index (χ2v) is 9.78. The highest BCUT2D eigenvalue weighted by Gasteiger charge is 2.19. The highest BCUT2D eigenvalue weighted by molar-refractivity contribution is 7.91. The third kappa shape index (κ3) is 8.44. The number of hydrogen-bond acceptors (Lipinski definition) is 4. The molecular weight excluding hydrogens is 372 g/mol. The molecule has 2 unspecified atom stereocenters. The summed E-state index contributed by atoms with van der Waals surface area (Å²) in [5, 5.41) is 0.191. The van der Waals surface area contributed by atoms with Crippen LogP contribution in [0.4, 0.5) is 0 Å². The van der Waals surface area contributed by atoms with Gasteiger partial charge in [-0.25, -0.2) is 0 Å². The summed E-state index contributed by atoms with van der Waals surface area (Å²) in [6.45, 7) is 4.61. The topological polar surface area (TPSA) is 58.6 Å². The van der Waals surface area contributed by atoms with E-state index in [1.807, 2.05) is 18.2 Å². The van der Waals surface area contributed by atoms with Gasteiger partial charge in [0.15, 0.2) is 11.5 Å². The molecule has 0 bridgehead atoms. The first-order valence-corrected chi connectivity index (χ1v) is 12.3. The van der Waals surface area contributed by atoms with Crippen LogP contribution in [0.2, 0.25) is 0 Å². The van der Waals surface area contributed by atoms with Crippen LogP contribution in [0, 0.1) is 0 Å². The van der Waals surface area contributed by atoms with E-state index in [4.69, 9.17) is 9.47 Å². The molecule has 3 rings (SSSR count). The molecule has 0 N–H and O–H groups in total. The number of Topliss-reactive ketones (excluding diaryl/α,β-unsaturated/α-hetero) is 1. The average molecular weight is 409 g/mol. The zero-order chi connectivity index (χ0) is 20.2. The van der Waals surface area contributed by atoms with Gasteiger partial charge in [-0.3, -0.25) is 4.79 Å². The van der Waals surface area contributed by atoms with Crippen LogP contribution in [0.3, 0.4) is 0 Å². The van der Waals surface area contributed by atoms with E-state index in [0.29, 0.717) is 12.6 Å². The molecule has 0 amide bonds. The molecule has 1 saturated carbocycles. The fraction of sp³-hybridized carbons (Fsp3) is 0.696. The van der Waals surface area contributed by atoms with E-state index in [9.17, 15) is 9.35 Å². The Balaban J connectivity index is 0.000000397. The first-order valence-electron chi connectivity index (χ1n) is 10.9. The predicted octanol–water partition coefficient (Wildman–Crippen LogP) is 5.59. The van der Waals surface area contributed by atoms with Crippen molar-refractivity contribution in [1.29, 1.82) is 0 Å². The van der Waals surface area contributed by atoms with Crippen molar-refractivity contribution in [1.82, 2.24) is 0 Å². The number of ether oxygens (including phenoxy) is 2. The summed E-state index contributed by atoms with van der Waals surface area (Å²) in [5.74, 6) is 2.91. The highest BCUT2D eigenvalue weighted by Crippen LogP contribution is 2.33. The van der Waals surface area contributed by atoms with Gasteiger partial charge in [0, 0.05) is 19.3 Å². The van der Waals surface area contributed by atoms with Crippen LogP contribution in [0.15, 0.2) is 18.2 Å². The van der Waals surface area contributed by atoms with E-state index < -0.39 is 11.2 Å². The maximum atomic E-state index is 12.3. The van der Waals surface area contributed by atoms with E-state index in [2.05, 4.69) is 13.8 Å². The van der Waals surface area contributed by atoms with Crippen LogP contribution in [0.1, 0.15) is 83.6 Å². The van der Waals surface area contributed by atoms with Crippen molar-refractivity contribution in [2.75, 3.05) is 12.5 Å². The van der Waals surface area contributed by atoms with Gasteiger partial charge < -0.3 is 14.0 Å². The smallest absolute Gasteiger partial charge is 0.231 e. The van der Waals surface area contributed by atoms with Gasteiger partial charge in [0.05, 0.1) is 0 Å². The summed E-state index contributed by atoms with van der Waals surface area (Å²) >= 11 is -0.743. The molecule has 158 valence electrons. The number of fused-ring (bicyclic) bond motifs is 1. The van der Waals surface area contributed by atoms with Crippen LogP contribution < -0.4 is 9.47 Å². The summed E-state index contributed by atoms with van der Waals surface area (Å²) in [7, 11) is 0. The third-order valence-corrected chi connectivity index (χ3v) is 7.02. The Labute approximate surface area is 173 Å². The Morgan fingerprint density at radius 2 is 1.71 bits per heavy atom. The Kier molecular flexibility index (Phi) is 10.8. The van der Waals surface area contributed by atoms with E-state index in [-0.39, 0.29) is 5.25 Å². The molecule has 1 aliphatic heterocycles. The Morgan fingerprint density at radius 3 is 2.39 bits per heavy atom. The highest BCUT2D eigenvalue weighted by atomic mass is 32.2. The van der Waals surface area contributed by atoms with E-state index >= 15 is 0 Å². The molecule has 1 aliphatic carbocycles. The monoisotopic (exact) mass is 408 g/mol. The molecule has 0 saturated heterocycles. The number of rotatable bonds is 10. The van der Waals surface area contributed by atoms with Crippen LogP contribution in [-0.4, -0.2) is 28.1 Å². The number of benzene rings is 1. The van der Waals surface area contributed by atoms with Crippen LogP contribution in [-0.2, 0) is 22.4 Å². The van der Waals surface area contributed by atoms with Crippen LogP contribution in [0.25, 0.3) is 0 Å². The molecule has 1 fully saturated rings. The molecule has 2 aliphatic rings. The molecule has 5 heteroatoms. The second kappa shape index (κ2) is 13.1. The predicted molar refractivity (Wildman–Crippen MR) is 116 cm³/mol. The van der Waals surface area contributed by atoms with Gasteiger partial charge in [0.1, 0.15) is 16.8 Å². The first-order chi connectivity index (χ1) is 13.6. The van der Waals surface area contributed by atoms with Gasteiger partial charge in [0.2, 0.25) is 6.79 Å². The zero-order valence-corrected chi connectivity index (χ0v) is 18.4. The standard InChI is InChI=1S/C18H28O3S.C5H8O/c1-3-4-5-6-7-8-11-22(19)15(2)12-16-9-10-17-18(13-16)21-14-20-17;6-5-3-1-2-4-5/h9-10,13,15H,3-8,11-12,14H2,1-2H3;1-4H2. The number of ketones is 1. The minimum absolute atomic E-state index is 0.191. The fourth-order valence-electron chi connectivity index (χ4n) is 3.49. The van der Waals surface area contributed by atoms with Crippen molar-refractivity contribution in [3.8, 4) is 11.5 Å². The Hall–Kier alpha value is -1.20.